The molecule has 0 aliphatic heterocycles. The summed E-state index contributed by atoms with van der Waals surface area (Å²) in [6.45, 7) is 6.77. The van der Waals surface area contributed by atoms with Crippen molar-refractivity contribution in [3.05, 3.63) is 52.9 Å². The van der Waals surface area contributed by atoms with Gasteiger partial charge in [-0.1, -0.05) is 32.4 Å². The fourth-order valence-corrected chi connectivity index (χ4v) is 10.2. The van der Waals surface area contributed by atoms with Crippen LogP contribution in [-0.2, 0) is 25.5 Å². The number of methoxy groups -OCH3 is 1. The van der Waals surface area contributed by atoms with Crippen LogP contribution in [0.3, 0.4) is 0 Å². The molecule has 0 saturated heterocycles. The van der Waals surface area contributed by atoms with Gasteiger partial charge in [-0.25, -0.2) is 9.07 Å². The van der Waals surface area contributed by atoms with Crippen LogP contribution in [-0.4, -0.2) is 69.9 Å². The number of hydrogen-bond acceptors (Lipinski definition) is 8. The van der Waals surface area contributed by atoms with Crippen molar-refractivity contribution in [1.82, 2.24) is 15.1 Å². The number of hydrogen-bond donors (Lipinski definition) is 2. The lowest BCUT2D eigenvalue weighted by Crippen LogP contribution is -2.62. The summed E-state index contributed by atoms with van der Waals surface area (Å²) in [4.78, 5) is 38.9. The number of benzene rings is 1. The van der Waals surface area contributed by atoms with Crippen LogP contribution in [0.15, 0.2) is 36.0 Å². The number of nitrogens with one attached hydrogen (secondary N) is 1. The summed E-state index contributed by atoms with van der Waals surface area (Å²) in [7, 11) is 1.59. The molecule has 3 fully saturated rings. The minimum Gasteiger partial charge on any atom is -0.449 e. The molecule has 9 nitrogen and oxygen atoms in total. The maximum absolute atomic E-state index is 13.5. The van der Waals surface area contributed by atoms with Gasteiger partial charge in [0.15, 0.2) is 5.60 Å². The normalized spacial score (nSPS) is 32.8. The smallest absolute Gasteiger partial charge is 0.306 e. The highest BCUT2D eigenvalue weighted by Crippen LogP contribution is 2.69. The summed E-state index contributed by atoms with van der Waals surface area (Å²) < 4.78 is 26.4. The van der Waals surface area contributed by atoms with Crippen LogP contribution in [0.1, 0.15) is 80.9 Å². The van der Waals surface area contributed by atoms with Gasteiger partial charge in [0.25, 0.3) is 5.91 Å². The third-order valence-corrected chi connectivity index (χ3v) is 12.3. The van der Waals surface area contributed by atoms with E-state index in [9.17, 15) is 23.9 Å². The second-order valence-corrected chi connectivity index (χ2v) is 14.7. The zero-order valence-electron chi connectivity index (χ0n) is 27.0. The van der Waals surface area contributed by atoms with Crippen LogP contribution >= 0.6 is 11.8 Å². The molecular formula is C35H44FN3O6S. The molecule has 0 unspecified atom stereocenters. The summed E-state index contributed by atoms with van der Waals surface area (Å²) in [5, 5.41) is 19.2. The summed E-state index contributed by atoms with van der Waals surface area (Å²) in [5.74, 6) is -0.530. The highest BCUT2D eigenvalue weighted by Gasteiger charge is 2.70. The number of aliphatic hydroxyl groups is 1. The molecule has 4 aliphatic carbocycles. The van der Waals surface area contributed by atoms with Crippen molar-refractivity contribution in [2.75, 3.05) is 26.3 Å². The molecule has 1 heterocycles. The van der Waals surface area contributed by atoms with Gasteiger partial charge in [0.1, 0.15) is 6.01 Å². The first-order valence-electron chi connectivity index (χ1n) is 16.3. The van der Waals surface area contributed by atoms with Crippen molar-refractivity contribution in [2.45, 2.75) is 77.4 Å². The zero-order valence-corrected chi connectivity index (χ0v) is 27.8. The number of amides is 1. The van der Waals surface area contributed by atoms with Crippen LogP contribution in [0, 0.1) is 28.6 Å². The maximum Gasteiger partial charge on any atom is 0.306 e. The Morgan fingerprint density at radius 2 is 2.04 bits per heavy atom. The van der Waals surface area contributed by atoms with Gasteiger partial charge < -0.3 is 19.9 Å². The molecule has 0 spiro atoms. The van der Waals surface area contributed by atoms with Crippen molar-refractivity contribution in [3.8, 4) is 5.69 Å². The van der Waals surface area contributed by atoms with E-state index in [0.717, 1.165) is 29.8 Å². The average molecular weight is 654 g/mol. The molecule has 248 valence electrons. The number of nitrogens with zero attached hydrogens (tertiary/aromatic N) is 2. The predicted molar refractivity (Wildman–Crippen MR) is 173 cm³/mol. The van der Waals surface area contributed by atoms with Gasteiger partial charge in [0, 0.05) is 31.1 Å². The number of thioether (sulfide) groups is 1. The third-order valence-electron chi connectivity index (χ3n) is 11.6. The summed E-state index contributed by atoms with van der Waals surface area (Å²) in [6.07, 6.45) is 7.23. The number of allylic oxidation sites excluding steroid dienone is 1. The lowest BCUT2D eigenvalue weighted by Gasteiger charge is -2.60. The third kappa shape index (κ3) is 5.13. The Labute approximate surface area is 273 Å². The maximum atomic E-state index is 13.5. The van der Waals surface area contributed by atoms with Gasteiger partial charge in [-0.15, -0.1) is 0 Å². The number of halogens is 1. The summed E-state index contributed by atoms with van der Waals surface area (Å²) in [6, 6.07) is 6.53. The quantitative estimate of drug-likeness (QED) is 0.277. The van der Waals surface area contributed by atoms with Crippen molar-refractivity contribution in [3.63, 3.8) is 0 Å². The number of aromatic nitrogens is 2. The minimum atomic E-state index is -1.44. The molecule has 0 bridgehead atoms. The van der Waals surface area contributed by atoms with E-state index in [1.807, 2.05) is 36.0 Å². The van der Waals surface area contributed by atoms with E-state index < -0.39 is 34.2 Å². The molecule has 6 rings (SSSR count). The van der Waals surface area contributed by atoms with E-state index >= 15 is 0 Å². The van der Waals surface area contributed by atoms with Gasteiger partial charge in [0.2, 0.25) is 5.12 Å². The molecule has 2 N–H and O–H groups in total. The Bertz CT molecular complexity index is 1560. The van der Waals surface area contributed by atoms with E-state index in [-0.39, 0.29) is 35.5 Å². The number of fused-ring (bicyclic) bond motifs is 6. The van der Waals surface area contributed by atoms with E-state index in [1.54, 1.807) is 20.1 Å². The summed E-state index contributed by atoms with van der Waals surface area (Å²) in [5.41, 5.74) is 2.11. The van der Waals surface area contributed by atoms with Gasteiger partial charge in [-0.2, -0.15) is 5.10 Å². The molecule has 11 heteroatoms. The molecule has 4 aliphatic rings. The van der Waals surface area contributed by atoms with E-state index in [2.05, 4.69) is 18.3 Å². The first-order valence-corrected chi connectivity index (χ1v) is 17.3. The van der Waals surface area contributed by atoms with E-state index in [0.29, 0.717) is 56.2 Å². The molecule has 1 aromatic carbocycles. The number of esters is 1. The minimum absolute atomic E-state index is 0.0509. The van der Waals surface area contributed by atoms with Gasteiger partial charge in [-0.3, -0.25) is 14.4 Å². The van der Waals surface area contributed by atoms with Crippen LogP contribution in [0.25, 0.3) is 11.8 Å². The number of carbonyl (C=O) groups excluding carboxylic acids is 3. The molecule has 1 aromatic heterocycles. The number of rotatable bonds is 9. The monoisotopic (exact) mass is 653 g/mol. The van der Waals surface area contributed by atoms with Gasteiger partial charge in [-0.05, 0) is 103 Å². The first-order chi connectivity index (χ1) is 22.0. The number of carbonyl (C=O) groups is 3. The molecular weight excluding hydrogens is 609 g/mol. The van der Waals surface area contributed by atoms with E-state index in [4.69, 9.17) is 14.6 Å². The van der Waals surface area contributed by atoms with Crippen LogP contribution in [0.2, 0.25) is 0 Å². The standard InChI is InChI=1S/C35H44FN3O6S/c1-5-29(41)45-35(32(43)46-20-36)12-11-26-25-10-9-23-16-27-22(17-33(23,2)30(25)28(40)18-34(26,35)3)19-38-39(27)24-8-6-7-21(15-24)31(42)37-13-14-44-4/h6-8,15-16,19,25-26,28,30,40H,5,9-14,17-18,20H2,1-4H3,(H,37,42)/t25-,26-,28-,30+,33-,34-,35-/m0/s1. The Morgan fingerprint density at radius 1 is 1.24 bits per heavy atom. The highest BCUT2D eigenvalue weighted by molar-refractivity contribution is 8.13. The predicted octanol–water partition coefficient (Wildman–Crippen LogP) is 5.28. The molecule has 1 amide bonds. The fourth-order valence-electron chi connectivity index (χ4n) is 9.50. The lowest BCUT2D eigenvalue weighted by atomic mass is 9.45. The molecule has 7 atom stereocenters. The Balaban J connectivity index is 1.30. The van der Waals surface area contributed by atoms with E-state index in [1.165, 1.54) is 5.57 Å². The lowest BCUT2D eigenvalue weighted by molar-refractivity contribution is -0.196. The largest absolute Gasteiger partial charge is 0.449 e. The number of aliphatic hydroxyl groups excluding tert-OH is 1. The molecule has 0 radical (unpaired) electrons. The topological polar surface area (TPSA) is 120 Å². The summed E-state index contributed by atoms with van der Waals surface area (Å²) >= 11 is 0.571. The molecule has 2 aromatic rings. The molecule has 3 saturated carbocycles. The average Bonchev–Trinajstić information content (AvgIpc) is 3.57. The second kappa shape index (κ2) is 12.5. The first kappa shape index (κ1) is 32.9. The van der Waals surface area contributed by atoms with Crippen molar-refractivity contribution in [1.29, 1.82) is 0 Å². The zero-order chi connectivity index (χ0) is 32.9. The highest BCUT2D eigenvalue weighted by atomic mass is 32.2. The number of alkyl halides is 1. The van der Waals surface area contributed by atoms with Gasteiger partial charge in [0.05, 0.1) is 30.3 Å². The van der Waals surface area contributed by atoms with Crippen molar-refractivity contribution < 1.29 is 33.4 Å². The Kier molecular flexibility index (Phi) is 8.97. The van der Waals surface area contributed by atoms with Crippen LogP contribution in [0.5, 0.6) is 0 Å². The second-order valence-electron chi connectivity index (χ2n) is 13.8. The SMILES string of the molecule is CCC(=O)O[C@]1(C(=O)SCF)CC[C@H]2[C@@H]3CCC4=Cc5c(cnn5-c5cccc(C(=O)NCCOC)c5)C[C@]4(C)[C@H]3[C@@H](O)C[C@@]21C. The van der Waals surface area contributed by atoms with Crippen molar-refractivity contribution in [2.24, 2.45) is 28.6 Å². The fraction of sp³-hybridized carbons (Fsp3) is 0.600. The van der Waals surface area contributed by atoms with Crippen LogP contribution < -0.4 is 5.32 Å². The van der Waals surface area contributed by atoms with Crippen LogP contribution in [0.4, 0.5) is 4.39 Å². The Hall–Kier alpha value is -3.02. The Morgan fingerprint density at radius 3 is 2.78 bits per heavy atom. The van der Waals surface area contributed by atoms with Gasteiger partial charge >= 0.3 is 5.97 Å². The van der Waals surface area contributed by atoms with Crippen molar-refractivity contribution >= 4 is 34.8 Å². The molecule has 46 heavy (non-hydrogen) atoms. The number of ether oxygens (including phenoxy) is 2.